The number of nitrogens with one attached hydrogen (secondary N) is 2. The van der Waals surface area contributed by atoms with Crippen molar-refractivity contribution >= 4 is 40.0 Å². The lowest BCUT2D eigenvalue weighted by molar-refractivity contribution is 0.0952. The summed E-state index contributed by atoms with van der Waals surface area (Å²) in [5.74, 6) is -0.163. The Morgan fingerprint density at radius 3 is 2.76 bits per heavy atom. The van der Waals surface area contributed by atoms with E-state index in [9.17, 15) is 4.79 Å². The van der Waals surface area contributed by atoms with Gasteiger partial charge in [0.25, 0.3) is 5.91 Å². The summed E-state index contributed by atoms with van der Waals surface area (Å²) < 4.78 is 0. The van der Waals surface area contributed by atoms with Crippen molar-refractivity contribution in [2.24, 2.45) is 0 Å². The van der Waals surface area contributed by atoms with Crippen molar-refractivity contribution in [2.45, 2.75) is 6.54 Å². The largest absolute Gasteiger partial charge is 0.360 e. The smallest absolute Gasteiger partial charge is 0.253 e. The molecule has 1 amide bonds. The molecular formula is C16H12Cl2N2O. The molecule has 0 atom stereocenters. The van der Waals surface area contributed by atoms with Gasteiger partial charge in [0.05, 0.1) is 5.56 Å². The number of carbonyl (C=O) groups is 1. The average Bonchev–Trinajstić information content (AvgIpc) is 2.89. The fourth-order valence-corrected chi connectivity index (χ4v) is 2.57. The molecule has 0 saturated carbocycles. The second kappa shape index (κ2) is 5.80. The molecule has 0 spiro atoms. The van der Waals surface area contributed by atoms with Crippen molar-refractivity contribution in [3.8, 4) is 0 Å². The van der Waals surface area contributed by atoms with Crippen LogP contribution in [0.4, 0.5) is 0 Å². The van der Waals surface area contributed by atoms with Crippen LogP contribution in [-0.2, 0) is 6.54 Å². The van der Waals surface area contributed by atoms with Crippen LogP contribution in [0.15, 0.2) is 48.7 Å². The standard InChI is InChI=1S/C16H12Cl2N2O/c17-11-5-6-15-12(7-11)13(9-19-15)16(21)20-8-10-3-1-2-4-14(10)18/h1-7,9,19H,8H2,(H,20,21). The van der Waals surface area contributed by atoms with Gasteiger partial charge in [0.1, 0.15) is 0 Å². The van der Waals surface area contributed by atoms with Gasteiger partial charge >= 0.3 is 0 Å². The molecule has 0 fully saturated rings. The molecule has 0 aliphatic rings. The fraction of sp³-hybridized carbons (Fsp3) is 0.0625. The van der Waals surface area contributed by atoms with Gasteiger partial charge in [-0.25, -0.2) is 0 Å². The SMILES string of the molecule is O=C(NCc1ccccc1Cl)c1c[nH]c2ccc(Cl)cc12. The number of carbonyl (C=O) groups excluding carboxylic acids is 1. The Balaban J connectivity index is 1.81. The second-order valence-electron chi connectivity index (χ2n) is 4.67. The van der Waals surface area contributed by atoms with Gasteiger partial charge < -0.3 is 10.3 Å². The van der Waals surface area contributed by atoms with Crippen molar-refractivity contribution in [2.75, 3.05) is 0 Å². The third-order valence-electron chi connectivity index (χ3n) is 3.29. The van der Waals surface area contributed by atoms with Crippen LogP contribution in [-0.4, -0.2) is 10.9 Å². The molecule has 0 bridgehead atoms. The highest BCUT2D eigenvalue weighted by Crippen LogP contribution is 2.22. The molecule has 2 aromatic carbocycles. The van der Waals surface area contributed by atoms with Crippen molar-refractivity contribution in [1.82, 2.24) is 10.3 Å². The van der Waals surface area contributed by atoms with Crippen LogP contribution in [0.2, 0.25) is 10.0 Å². The van der Waals surface area contributed by atoms with E-state index in [-0.39, 0.29) is 5.91 Å². The molecule has 3 rings (SSSR count). The minimum absolute atomic E-state index is 0.163. The maximum Gasteiger partial charge on any atom is 0.253 e. The van der Waals surface area contributed by atoms with Gasteiger partial charge in [-0.1, -0.05) is 41.4 Å². The Morgan fingerprint density at radius 1 is 1.14 bits per heavy atom. The Morgan fingerprint density at radius 2 is 1.95 bits per heavy atom. The van der Waals surface area contributed by atoms with Gasteiger partial charge in [-0.15, -0.1) is 0 Å². The van der Waals surface area contributed by atoms with Crippen LogP contribution in [0.3, 0.4) is 0 Å². The van der Waals surface area contributed by atoms with Gasteiger partial charge in [-0.05, 0) is 29.8 Å². The number of H-pyrrole nitrogens is 1. The van der Waals surface area contributed by atoms with Crippen LogP contribution < -0.4 is 5.32 Å². The Bertz CT molecular complexity index is 811. The number of fused-ring (bicyclic) bond motifs is 1. The molecule has 0 radical (unpaired) electrons. The molecule has 106 valence electrons. The maximum absolute atomic E-state index is 12.3. The lowest BCUT2D eigenvalue weighted by atomic mass is 10.1. The third-order valence-corrected chi connectivity index (χ3v) is 3.89. The van der Waals surface area contributed by atoms with Gasteiger partial charge in [0.2, 0.25) is 0 Å². The molecule has 3 nitrogen and oxygen atoms in total. The number of hydrogen-bond donors (Lipinski definition) is 2. The summed E-state index contributed by atoms with van der Waals surface area (Å²) in [7, 11) is 0. The molecule has 5 heteroatoms. The van der Waals surface area contributed by atoms with E-state index in [0.29, 0.717) is 22.2 Å². The van der Waals surface area contributed by atoms with E-state index >= 15 is 0 Å². The predicted molar refractivity (Wildman–Crippen MR) is 85.9 cm³/mol. The summed E-state index contributed by atoms with van der Waals surface area (Å²) >= 11 is 12.1. The minimum Gasteiger partial charge on any atom is -0.360 e. The minimum atomic E-state index is -0.163. The molecule has 1 heterocycles. The number of benzene rings is 2. The van der Waals surface area contributed by atoms with Crippen LogP contribution in [0, 0.1) is 0 Å². The first kappa shape index (κ1) is 14.0. The molecule has 3 aromatic rings. The number of rotatable bonds is 3. The van der Waals surface area contributed by atoms with Gasteiger partial charge in [-0.2, -0.15) is 0 Å². The topological polar surface area (TPSA) is 44.9 Å². The first-order valence-electron chi connectivity index (χ1n) is 6.43. The number of amides is 1. The Hall–Kier alpha value is -1.97. The number of aromatic nitrogens is 1. The molecule has 0 unspecified atom stereocenters. The van der Waals surface area contributed by atoms with E-state index in [1.54, 1.807) is 24.4 Å². The summed E-state index contributed by atoms with van der Waals surface area (Å²) in [6, 6.07) is 12.8. The van der Waals surface area contributed by atoms with Gasteiger partial charge in [0, 0.05) is 33.7 Å². The molecule has 21 heavy (non-hydrogen) atoms. The van der Waals surface area contributed by atoms with Gasteiger partial charge in [0.15, 0.2) is 0 Å². The number of aromatic amines is 1. The normalized spacial score (nSPS) is 10.8. The van der Waals surface area contributed by atoms with Crippen LogP contribution in [0.1, 0.15) is 15.9 Å². The molecule has 2 N–H and O–H groups in total. The van der Waals surface area contributed by atoms with E-state index in [1.807, 2.05) is 24.3 Å². The van der Waals surface area contributed by atoms with Crippen molar-refractivity contribution in [3.05, 3.63) is 69.8 Å². The molecule has 0 saturated heterocycles. The van der Waals surface area contributed by atoms with Crippen molar-refractivity contribution in [3.63, 3.8) is 0 Å². The first-order valence-corrected chi connectivity index (χ1v) is 7.19. The lowest BCUT2D eigenvalue weighted by Gasteiger charge is -2.06. The molecule has 0 aliphatic carbocycles. The van der Waals surface area contributed by atoms with E-state index in [2.05, 4.69) is 10.3 Å². The quantitative estimate of drug-likeness (QED) is 0.738. The fourth-order valence-electron chi connectivity index (χ4n) is 2.19. The zero-order chi connectivity index (χ0) is 14.8. The Kier molecular flexibility index (Phi) is 3.86. The Labute approximate surface area is 131 Å². The van der Waals surface area contributed by atoms with E-state index in [1.165, 1.54) is 0 Å². The highest BCUT2D eigenvalue weighted by molar-refractivity contribution is 6.31. The zero-order valence-electron chi connectivity index (χ0n) is 11.0. The third kappa shape index (κ3) is 2.89. The van der Waals surface area contributed by atoms with Gasteiger partial charge in [-0.3, -0.25) is 4.79 Å². The molecular weight excluding hydrogens is 307 g/mol. The summed E-state index contributed by atoms with van der Waals surface area (Å²) in [5, 5.41) is 4.91. The average molecular weight is 319 g/mol. The summed E-state index contributed by atoms with van der Waals surface area (Å²) in [5.41, 5.74) is 2.33. The van der Waals surface area contributed by atoms with Crippen molar-refractivity contribution < 1.29 is 4.79 Å². The van der Waals surface area contributed by atoms with Crippen LogP contribution in [0.25, 0.3) is 10.9 Å². The molecule has 0 aliphatic heterocycles. The summed E-state index contributed by atoms with van der Waals surface area (Å²) in [6.45, 7) is 0.381. The maximum atomic E-state index is 12.3. The summed E-state index contributed by atoms with van der Waals surface area (Å²) in [6.07, 6.45) is 1.68. The van der Waals surface area contributed by atoms with E-state index < -0.39 is 0 Å². The van der Waals surface area contributed by atoms with E-state index in [4.69, 9.17) is 23.2 Å². The highest BCUT2D eigenvalue weighted by Gasteiger charge is 2.12. The van der Waals surface area contributed by atoms with Crippen LogP contribution in [0.5, 0.6) is 0 Å². The zero-order valence-corrected chi connectivity index (χ0v) is 12.5. The highest BCUT2D eigenvalue weighted by atomic mass is 35.5. The van der Waals surface area contributed by atoms with Crippen LogP contribution >= 0.6 is 23.2 Å². The van der Waals surface area contributed by atoms with Crippen molar-refractivity contribution in [1.29, 1.82) is 0 Å². The predicted octanol–water partition coefficient (Wildman–Crippen LogP) is 4.40. The first-order chi connectivity index (χ1) is 10.1. The summed E-state index contributed by atoms with van der Waals surface area (Å²) in [4.78, 5) is 15.4. The monoisotopic (exact) mass is 318 g/mol. The lowest BCUT2D eigenvalue weighted by Crippen LogP contribution is -2.22. The number of halogens is 2. The molecule has 1 aromatic heterocycles. The van der Waals surface area contributed by atoms with E-state index in [0.717, 1.165) is 16.5 Å². The second-order valence-corrected chi connectivity index (χ2v) is 5.51. The number of hydrogen-bond acceptors (Lipinski definition) is 1.